The van der Waals surface area contributed by atoms with Gasteiger partial charge in [0.15, 0.2) is 0 Å². The SMILES string of the molecule is CCC(C)c1ccc(NC(=O)c2ccc(C3CCNCC3)cc2)cc1. The quantitative estimate of drug-likeness (QED) is 0.814. The summed E-state index contributed by atoms with van der Waals surface area (Å²) < 4.78 is 0. The lowest BCUT2D eigenvalue weighted by atomic mass is 9.90. The third-order valence-electron chi connectivity index (χ3n) is 5.33. The molecule has 3 nitrogen and oxygen atoms in total. The maximum Gasteiger partial charge on any atom is 0.255 e. The second-order valence-electron chi connectivity index (χ2n) is 7.03. The zero-order chi connectivity index (χ0) is 17.6. The van der Waals surface area contributed by atoms with E-state index in [-0.39, 0.29) is 5.91 Å². The first-order valence-electron chi connectivity index (χ1n) is 9.39. The second kappa shape index (κ2) is 8.30. The summed E-state index contributed by atoms with van der Waals surface area (Å²) in [4.78, 5) is 12.5. The third kappa shape index (κ3) is 4.49. The average molecular weight is 336 g/mol. The number of rotatable bonds is 5. The zero-order valence-electron chi connectivity index (χ0n) is 15.2. The second-order valence-corrected chi connectivity index (χ2v) is 7.03. The molecule has 1 saturated heterocycles. The molecule has 132 valence electrons. The highest BCUT2D eigenvalue weighted by molar-refractivity contribution is 6.04. The minimum atomic E-state index is -0.0480. The van der Waals surface area contributed by atoms with Crippen LogP contribution >= 0.6 is 0 Å². The molecule has 1 amide bonds. The van der Waals surface area contributed by atoms with Gasteiger partial charge in [0.1, 0.15) is 0 Å². The van der Waals surface area contributed by atoms with Gasteiger partial charge in [0.05, 0.1) is 0 Å². The van der Waals surface area contributed by atoms with Gasteiger partial charge in [-0.2, -0.15) is 0 Å². The van der Waals surface area contributed by atoms with Gasteiger partial charge >= 0.3 is 0 Å². The highest BCUT2D eigenvalue weighted by Gasteiger charge is 2.15. The van der Waals surface area contributed by atoms with Crippen LogP contribution in [0.1, 0.15) is 66.4 Å². The van der Waals surface area contributed by atoms with Crippen molar-refractivity contribution in [2.24, 2.45) is 0 Å². The molecule has 0 aliphatic carbocycles. The molecule has 0 aromatic heterocycles. The highest BCUT2D eigenvalue weighted by atomic mass is 16.1. The van der Waals surface area contributed by atoms with E-state index in [0.29, 0.717) is 17.4 Å². The molecule has 3 heteroatoms. The Kier molecular flexibility index (Phi) is 5.87. The number of carbonyl (C=O) groups is 1. The van der Waals surface area contributed by atoms with Crippen LogP contribution in [0.5, 0.6) is 0 Å². The van der Waals surface area contributed by atoms with E-state index in [4.69, 9.17) is 0 Å². The monoisotopic (exact) mass is 336 g/mol. The van der Waals surface area contributed by atoms with Crippen molar-refractivity contribution in [3.63, 3.8) is 0 Å². The minimum Gasteiger partial charge on any atom is -0.322 e. The number of nitrogens with one attached hydrogen (secondary N) is 2. The molecule has 1 heterocycles. The lowest BCUT2D eigenvalue weighted by Crippen LogP contribution is -2.26. The van der Waals surface area contributed by atoms with Gasteiger partial charge in [0.2, 0.25) is 0 Å². The normalized spacial score (nSPS) is 16.4. The Morgan fingerprint density at radius 1 is 1.08 bits per heavy atom. The lowest BCUT2D eigenvalue weighted by Gasteiger charge is -2.23. The number of hydrogen-bond acceptors (Lipinski definition) is 2. The number of amides is 1. The molecule has 1 aliphatic rings. The smallest absolute Gasteiger partial charge is 0.255 e. The van der Waals surface area contributed by atoms with Crippen molar-refractivity contribution in [2.75, 3.05) is 18.4 Å². The summed E-state index contributed by atoms with van der Waals surface area (Å²) in [5.74, 6) is 1.12. The molecule has 0 bridgehead atoms. The van der Waals surface area contributed by atoms with Gasteiger partial charge in [-0.05, 0) is 79.6 Å². The standard InChI is InChI=1S/C22H28N2O/c1-3-16(2)17-8-10-21(11-9-17)24-22(25)20-6-4-18(5-7-20)19-12-14-23-15-13-19/h4-11,16,19,23H,3,12-15H2,1-2H3,(H,24,25). The van der Waals surface area contributed by atoms with Crippen LogP contribution in [0.2, 0.25) is 0 Å². The molecule has 2 N–H and O–H groups in total. The maximum atomic E-state index is 12.5. The van der Waals surface area contributed by atoms with E-state index >= 15 is 0 Å². The first kappa shape index (κ1) is 17.7. The molecular formula is C22H28N2O. The van der Waals surface area contributed by atoms with Crippen molar-refractivity contribution >= 4 is 11.6 Å². The van der Waals surface area contributed by atoms with Gasteiger partial charge in [-0.25, -0.2) is 0 Å². The molecule has 2 aromatic carbocycles. The summed E-state index contributed by atoms with van der Waals surface area (Å²) in [6.45, 7) is 6.57. The van der Waals surface area contributed by atoms with Crippen molar-refractivity contribution in [3.8, 4) is 0 Å². The number of piperidine rings is 1. The summed E-state index contributed by atoms with van der Waals surface area (Å²) in [5, 5.41) is 6.38. The van der Waals surface area contributed by atoms with Gasteiger partial charge in [-0.3, -0.25) is 4.79 Å². The van der Waals surface area contributed by atoms with E-state index in [2.05, 4.69) is 48.7 Å². The highest BCUT2D eigenvalue weighted by Crippen LogP contribution is 2.25. The van der Waals surface area contributed by atoms with Gasteiger partial charge < -0.3 is 10.6 Å². The topological polar surface area (TPSA) is 41.1 Å². The van der Waals surface area contributed by atoms with Crippen LogP contribution in [0.15, 0.2) is 48.5 Å². The predicted molar refractivity (Wildman–Crippen MR) is 104 cm³/mol. The fourth-order valence-electron chi connectivity index (χ4n) is 3.40. The molecule has 1 atom stereocenters. The molecule has 0 saturated carbocycles. The number of hydrogen-bond donors (Lipinski definition) is 2. The van der Waals surface area contributed by atoms with Crippen LogP contribution in [0.4, 0.5) is 5.69 Å². The fourth-order valence-corrected chi connectivity index (χ4v) is 3.40. The first-order chi connectivity index (χ1) is 12.2. The van der Waals surface area contributed by atoms with E-state index in [9.17, 15) is 4.79 Å². The van der Waals surface area contributed by atoms with Crippen LogP contribution in [0.25, 0.3) is 0 Å². The largest absolute Gasteiger partial charge is 0.322 e. The zero-order valence-corrected chi connectivity index (χ0v) is 15.2. The van der Waals surface area contributed by atoms with E-state index in [1.807, 2.05) is 24.3 Å². The van der Waals surface area contributed by atoms with E-state index in [0.717, 1.165) is 25.2 Å². The number of anilines is 1. The Balaban J connectivity index is 1.62. The first-order valence-corrected chi connectivity index (χ1v) is 9.39. The number of benzene rings is 2. The Morgan fingerprint density at radius 2 is 1.72 bits per heavy atom. The molecule has 3 rings (SSSR count). The van der Waals surface area contributed by atoms with Gasteiger partial charge in [-0.1, -0.05) is 38.1 Å². The molecule has 0 spiro atoms. The van der Waals surface area contributed by atoms with E-state index < -0.39 is 0 Å². The summed E-state index contributed by atoms with van der Waals surface area (Å²) >= 11 is 0. The van der Waals surface area contributed by atoms with Crippen LogP contribution in [0, 0.1) is 0 Å². The van der Waals surface area contributed by atoms with Crippen molar-refractivity contribution in [1.82, 2.24) is 5.32 Å². The van der Waals surface area contributed by atoms with E-state index in [1.54, 1.807) is 0 Å². The fraction of sp³-hybridized carbons (Fsp3) is 0.409. The van der Waals surface area contributed by atoms with Crippen LogP contribution < -0.4 is 10.6 Å². The summed E-state index contributed by atoms with van der Waals surface area (Å²) in [6.07, 6.45) is 3.47. The van der Waals surface area contributed by atoms with Crippen LogP contribution in [0.3, 0.4) is 0 Å². The molecule has 0 radical (unpaired) electrons. The molecule has 1 unspecified atom stereocenters. The van der Waals surface area contributed by atoms with E-state index in [1.165, 1.54) is 24.0 Å². The number of carbonyl (C=O) groups excluding carboxylic acids is 1. The lowest BCUT2D eigenvalue weighted by molar-refractivity contribution is 0.102. The Labute approximate surface area is 150 Å². The molecule has 2 aromatic rings. The summed E-state index contributed by atoms with van der Waals surface area (Å²) in [6, 6.07) is 16.3. The Hall–Kier alpha value is -2.13. The average Bonchev–Trinajstić information content (AvgIpc) is 2.68. The molecule has 1 aliphatic heterocycles. The maximum absolute atomic E-state index is 12.5. The molecule has 25 heavy (non-hydrogen) atoms. The van der Waals surface area contributed by atoms with Gasteiger partial charge in [0, 0.05) is 11.3 Å². The van der Waals surface area contributed by atoms with Crippen LogP contribution in [-0.4, -0.2) is 19.0 Å². The minimum absolute atomic E-state index is 0.0480. The van der Waals surface area contributed by atoms with Gasteiger partial charge in [-0.15, -0.1) is 0 Å². The molecule has 1 fully saturated rings. The van der Waals surface area contributed by atoms with Crippen molar-refractivity contribution < 1.29 is 4.79 Å². The summed E-state index contributed by atoms with van der Waals surface area (Å²) in [5.41, 5.74) is 4.21. The molecular weight excluding hydrogens is 308 g/mol. The van der Waals surface area contributed by atoms with Gasteiger partial charge in [0.25, 0.3) is 5.91 Å². The van der Waals surface area contributed by atoms with Crippen molar-refractivity contribution in [3.05, 3.63) is 65.2 Å². The third-order valence-corrected chi connectivity index (χ3v) is 5.33. The van der Waals surface area contributed by atoms with Crippen LogP contribution in [-0.2, 0) is 0 Å². The predicted octanol–water partition coefficient (Wildman–Crippen LogP) is 4.92. The van der Waals surface area contributed by atoms with Crippen molar-refractivity contribution in [1.29, 1.82) is 0 Å². The summed E-state index contributed by atoms with van der Waals surface area (Å²) in [7, 11) is 0. The Bertz CT molecular complexity index is 685. The van der Waals surface area contributed by atoms with Crippen molar-refractivity contribution in [2.45, 2.75) is 44.9 Å². The Morgan fingerprint density at radius 3 is 2.32 bits per heavy atom.